The molecule has 0 spiro atoms. The average Bonchev–Trinajstić information content (AvgIpc) is 2.62. The highest BCUT2D eigenvalue weighted by Gasteiger charge is 2.19. The Labute approximate surface area is 154 Å². The molecule has 0 saturated carbocycles. The first-order chi connectivity index (χ1) is 12.5. The SMILES string of the molecule is CP(=O)(CNCN(O)C(=O)CCCN1CCOCC1)Oc1ccccc1. The molecule has 0 aliphatic carbocycles. The maximum Gasteiger partial charge on any atom is 0.258 e. The van der Waals surface area contributed by atoms with Crippen LogP contribution < -0.4 is 9.84 Å². The molecule has 1 aliphatic heterocycles. The molecule has 26 heavy (non-hydrogen) atoms. The third-order valence-electron chi connectivity index (χ3n) is 3.96. The minimum atomic E-state index is -2.92. The number of morpholine rings is 1. The van der Waals surface area contributed by atoms with Crippen LogP contribution >= 0.6 is 7.37 Å². The van der Waals surface area contributed by atoms with Crippen molar-refractivity contribution in [1.82, 2.24) is 15.3 Å². The number of ether oxygens (including phenoxy) is 1. The van der Waals surface area contributed by atoms with Gasteiger partial charge in [-0.05, 0) is 25.1 Å². The number of carbonyl (C=O) groups is 1. The summed E-state index contributed by atoms with van der Waals surface area (Å²) in [6.07, 6.45) is 0.999. The second-order valence-electron chi connectivity index (χ2n) is 6.34. The van der Waals surface area contributed by atoms with Gasteiger partial charge >= 0.3 is 0 Å². The summed E-state index contributed by atoms with van der Waals surface area (Å²) in [4.78, 5) is 14.2. The first-order valence-corrected chi connectivity index (χ1v) is 11.0. The summed E-state index contributed by atoms with van der Waals surface area (Å²) in [5.74, 6) is 0.167. The molecule has 1 amide bonds. The van der Waals surface area contributed by atoms with E-state index in [9.17, 15) is 14.6 Å². The van der Waals surface area contributed by atoms with Crippen LogP contribution in [0, 0.1) is 0 Å². The molecule has 1 aromatic carbocycles. The first-order valence-electron chi connectivity index (χ1n) is 8.77. The van der Waals surface area contributed by atoms with Gasteiger partial charge in [-0.3, -0.25) is 24.8 Å². The molecule has 1 heterocycles. The normalized spacial score (nSPS) is 17.5. The number of amides is 1. The van der Waals surface area contributed by atoms with Crippen LogP contribution in [0.5, 0.6) is 5.75 Å². The van der Waals surface area contributed by atoms with Crippen molar-refractivity contribution in [3.63, 3.8) is 0 Å². The van der Waals surface area contributed by atoms with Gasteiger partial charge in [0.2, 0.25) is 5.91 Å². The van der Waals surface area contributed by atoms with Gasteiger partial charge in [-0.25, -0.2) is 5.06 Å². The van der Waals surface area contributed by atoms with Gasteiger partial charge < -0.3 is 9.26 Å². The summed E-state index contributed by atoms with van der Waals surface area (Å²) in [6, 6.07) is 8.90. The quantitative estimate of drug-likeness (QED) is 0.275. The van der Waals surface area contributed by atoms with E-state index in [0.717, 1.165) is 32.8 Å². The number of benzene rings is 1. The lowest BCUT2D eigenvalue weighted by Crippen LogP contribution is -2.39. The zero-order valence-corrected chi connectivity index (χ0v) is 16.1. The van der Waals surface area contributed by atoms with Crippen molar-refractivity contribution >= 4 is 13.3 Å². The molecular weight excluding hydrogens is 357 g/mol. The number of hydrogen-bond acceptors (Lipinski definition) is 7. The Morgan fingerprint density at radius 3 is 2.73 bits per heavy atom. The molecule has 146 valence electrons. The van der Waals surface area contributed by atoms with E-state index in [-0.39, 0.29) is 25.3 Å². The molecule has 8 nitrogen and oxygen atoms in total. The number of hydroxylamine groups is 2. The van der Waals surface area contributed by atoms with Crippen LogP contribution in [0.2, 0.25) is 0 Å². The van der Waals surface area contributed by atoms with Crippen molar-refractivity contribution in [2.45, 2.75) is 12.8 Å². The Morgan fingerprint density at radius 2 is 2.04 bits per heavy atom. The van der Waals surface area contributed by atoms with E-state index in [1.165, 1.54) is 6.66 Å². The van der Waals surface area contributed by atoms with Crippen molar-refractivity contribution in [3.8, 4) is 5.75 Å². The minimum absolute atomic E-state index is 0.0556. The highest BCUT2D eigenvalue weighted by atomic mass is 31.2. The Bertz CT molecular complexity index is 595. The van der Waals surface area contributed by atoms with Crippen molar-refractivity contribution in [3.05, 3.63) is 30.3 Å². The third kappa shape index (κ3) is 7.85. The summed E-state index contributed by atoms with van der Waals surface area (Å²) in [7, 11) is -2.92. The van der Waals surface area contributed by atoms with E-state index < -0.39 is 7.37 Å². The Kier molecular flexibility index (Phi) is 8.54. The largest absolute Gasteiger partial charge is 0.442 e. The second-order valence-corrected chi connectivity index (χ2v) is 8.86. The molecular formula is C17H28N3O5P. The smallest absolute Gasteiger partial charge is 0.258 e. The molecule has 1 saturated heterocycles. The van der Waals surface area contributed by atoms with Gasteiger partial charge in [0.1, 0.15) is 5.75 Å². The van der Waals surface area contributed by atoms with Crippen molar-refractivity contribution in [2.75, 3.05) is 52.5 Å². The number of nitrogens with one attached hydrogen (secondary N) is 1. The van der Waals surface area contributed by atoms with E-state index >= 15 is 0 Å². The van der Waals surface area contributed by atoms with E-state index in [4.69, 9.17) is 9.26 Å². The summed E-state index contributed by atoms with van der Waals surface area (Å²) >= 11 is 0. The summed E-state index contributed by atoms with van der Waals surface area (Å²) < 4.78 is 23.1. The maximum atomic E-state index is 12.4. The van der Waals surface area contributed by atoms with Crippen LogP contribution in [-0.2, 0) is 14.1 Å². The molecule has 0 radical (unpaired) electrons. The van der Waals surface area contributed by atoms with Gasteiger partial charge in [-0.15, -0.1) is 0 Å². The lowest BCUT2D eigenvalue weighted by atomic mass is 10.2. The van der Waals surface area contributed by atoms with E-state index in [1.54, 1.807) is 24.3 Å². The van der Waals surface area contributed by atoms with Crippen LogP contribution in [-0.4, -0.2) is 73.5 Å². The molecule has 0 bridgehead atoms. The fourth-order valence-electron chi connectivity index (χ4n) is 2.59. The summed E-state index contributed by atoms with van der Waals surface area (Å²) in [6.45, 7) is 5.45. The van der Waals surface area contributed by atoms with E-state index in [1.807, 2.05) is 6.07 Å². The Balaban J connectivity index is 1.61. The molecule has 2 rings (SSSR count). The summed E-state index contributed by atoms with van der Waals surface area (Å²) in [5.41, 5.74) is 0. The lowest BCUT2D eigenvalue weighted by Gasteiger charge is -2.26. The van der Waals surface area contributed by atoms with Gasteiger partial charge in [-0.2, -0.15) is 0 Å². The highest BCUT2D eigenvalue weighted by Crippen LogP contribution is 2.41. The predicted molar refractivity (Wildman–Crippen MR) is 98.6 cm³/mol. The van der Waals surface area contributed by atoms with Crippen molar-refractivity contribution in [1.29, 1.82) is 0 Å². The Hall–Kier alpha value is -1.44. The molecule has 1 atom stereocenters. The maximum absolute atomic E-state index is 12.4. The topological polar surface area (TPSA) is 91.3 Å². The molecule has 1 fully saturated rings. The zero-order chi connectivity index (χ0) is 18.8. The number of rotatable bonds is 10. The molecule has 2 N–H and O–H groups in total. The standard InChI is InChI=1S/C17H28N3O5P/c1-26(23,25-16-6-3-2-4-7-16)15-18-14-20(22)17(21)8-5-9-19-10-12-24-13-11-19/h2-4,6-7,18,22H,5,8-15H2,1H3. The van der Waals surface area contributed by atoms with Crippen molar-refractivity contribution in [2.24, 2.45) is 0 Å². The fourth-order valence-corrected chi connectivity index (χ4v) is 3.73. The molecule has 0 aromatic heterocycles. The average molecular weight is 385 g/mol. The molecule has 1 unspecified atom stereocenters. The third-order valence-corrected chi connectivity index (χ3v) is 5.35. The monoisotopic (exact) mass is 385 g/mol. The molecule has 9 heteroatoms. The van der Waals surface area contributed by atoms with E-state index in [0.29, 0.717) is 17.2 Å². The van der Waals surface area contributed by atoms with Crippen LogP contribution in [0.4, 0.5) is 0 Å². The van der Waals surface area contributed by atoms with Gasteiger partial charge in [0.05, 0.1) is 26.2 Å². The zero-order valence-electron chi connectivity index (χ0n) is 15.2. The Morgan fingerprint density at radius 1 is 1.35 bits per heavy atom. The number of nitrogens with zero attached hydrogens (tertiary/aromatic N) is 2. The fraction of sp³-hybridized carbons (Fsp3) is 0.588. The first kappa shape index (κ1) is 20.9. The van der Waals surface area contributed by atoms with Crippen LogP contribution in [0.3, 0.4) is 0 Å². The van der Waals surface area contributed by atoms with Gasteiger partial charge in [0.25, 0.3) is 7.37 Å². The predicted octanol–water partition coefficient (Wildman–Crippen LogP) is 1.81. The highest BCUT2D eigenvalue weighted by molar-refractivity contribution is 7.58. The molecule has 1 aromatic rings. The van der Waals surface area contributed by atoms with Crippen LogP contribution in [0.1, 0.15) is 12.8 Å². The number of para-hydroxylation sites is 1. The number of carbonyl (C=O) groups excluding carboxylic acids is 1. The van der Waals surface area contributed by atoms with Crippen LogP contribution in [0.25, 0.3) is 0 Å². The summed E-state index contributed by atoms with van der Waals surface area (Å²) in [5, 5.41) is 13.2. The van der Waals surface area contributed by atoms with Gasteiger partial charge in [-0.1, -0.05) is 18.2 Å². The number of hydrogen-bond donors (Lipinski definition) is 2. The van der Waals surface area contributed by atoms with E-state index in [2.05, 4.69) is 10.2 Å². The van der Waals surface area contributed by atoms with Gasteiger partial charge in [0.15, 0.2) is 0 Å². The lowest BCUT2D eigenvalue weighted by molar-refractivity contribution is -0.166. The minimum Gasteiger partial charge on any atom is -0.442 e. The molecule has 1 aliphatic rings. The van der Waals surface area contributed by atoms with Crippen molar-refractivity contribution < 1.29 is 23.8 Å². The second kappa shape index (κ2) is 10.6. The van der Waals surface area contributed by atoms with Crippen LogP contribution in [0.15, 0.2) is 30.3 Å². The van der Waals surface area contributed by atoms with Gasteiger partial charge in [0, 0.05) is 26.2 Å².